The van der Waals surface area contributed by atoms with Gasteiger partial charge in [0.25, 0.3) is 0 Å². The van der Waals surface area contributed by atoms with Crippen molar-refractivity contribution in [3.8, 4) is 67.5 Å². The lowest BCUT2D eigenvalue weighted by Crippen LogP contribution is -2.00. The van der Waals surface area contributed by atoms with Crippen molar-refractivity contribution in [2.75, 3.05) is 0 Å². The molecule has 0 atom stereocenters. The van der Waals surface area contributed by atoms with Gasteiger partial charge in [0.05, 0.1) is 0 Å². The van der Waals surface area contributed by atoms with Gasteiger partial charge in [-0.2, -0.15) is 0 Å². The number of hydrogen-bond acceptors (Lipinski definition) is 4. The van der Waals surface area contributed by atoms with E-state index in [1.54, 1.807) is 0 Å². The molecule has 0 saturated heterocycles. The number of furan rings is 1. The van der Waals surface area contributed by atoms with Crippen LogP contribution in [-0.2, 0) is 0 Å². The third-order valence-corrected chi connectivity index (χ3v) is 8.95. The van der Waals surface area contributed by atoms with Crippen molar-refractivity contribution in [2.24, 2.45) is 0 Å². The van der Waals surface area contributed by atoms with E-state index in [1.807, 2.05) is 84.9 Å². The van der Waals surface area contributed by atoms with Crippen LogP contribution in [0.15, 0.2) is 180 Å². The Hall–Kier alpha value is -6.65. The van der Waals surface area contributed by atoms with Gasteiger partial charge in [0.1, 0.15) is 11.2 Å². The third-order valence-electron chi connectivity index (χ3n) is 8.95. The summed E-state index contributed by atoms with van der Waals surface area (Å²) >= 11 is 0. The van der Waals surface area contributed by atoms with Crippen molar-refractivity contribution in [3.05, 3.63) is 176 Å². The first-order valence-corrected chi connectivity index (χ1v) is 16.4. The fourth-order valence-electron chi connectivity index (χ4n) is 6.50. The molecule has 0 spiro atoms. The lowest BCUT2D eigenvalue weighted by molar-refractivity contribution is 0.669. The number of hydrogen-bond donors (Lipinski definition) is 0. The van der Waals surface area contributed by atoms with Crippen LogP contribution in [0.3, 0.4) is 0 Å². The van der Waals surface area contributed by atoms with Crippen LogP contribution in [0.1, 0.15) is 0 Å². The highest BCUT2D eigenvalue weighted by atomic mass is 16.3. The first-order valence-electron chi connectivity index (χ1n) is 16.4. The average Bonchev–Trinajstić information content (AvgIpc) is 3.57. The SMILES string of the molecule is c1ccc(-c2ccc(-c3cccc(-c4cccc5oc6ccc(-c7nc(-c8ccccc8)nc(-c8ccccc8)n7)cc6c45)c3)cc2)cc1. The molecule has 2 heterocycles. The first-order chi connectivity index (χ1) is 24.3. The van der Waals surface area contributed by atoms with E-state index in [9.17, 15) is 0 Å². The van der Waals surface area contributed by atoms with Gasteiger partial charge >= 0.3 is 0 Å². The number of aromatic nitrogens is 3. The normalized spacial score (nSPS) is 11.3. The molecule has 49 heavy (non-hydrogen) atoms. The lowest BCUT2D eigenvalue weighted by Gasteiger charge is -2.09. The molecule has 9 rings (SSSR count). The molecule has 0 bridgehead atoms. The van der Waals surface area contributed by atoms with Crippen LogP contribution in [0.2, 0.25) is 0 Å². The van der Waals surface area contributed by atoms with Crippen molar-refractivity contribution in [2.45, 2.75) is 0 Å². The second kappa shape index (κ2) is 12.2. The molecule has 4 heteroatoms. The van der Waals surface area contributed by atoms with Crippen LogP contribution < -0.4 is 0 Å². The first kappa shape index (κ1) is 28.6. The Labute approximate surface area is 284 Å². The van der Waals surface area contributed by atoms with Crippen LogP contribution >= 0.6 is 0 Å². The minimum absolute atomic E-state index is 0.613. The van der Waals surface area contributed by atoms with E-state index in [0.29, 0.717) is 17.5 Å². The van der Waals surface area contributed by atoms with E-state index >= 15 is 0 Å². The van der Waals surface area contributed by atoms with Crippen molar-refractivity contribution in [1.82, 2.24) is 15.0 Å². The molecule has 0 saturated carbocycles. The van der Waals surface area contributed by atoms with Crippen LogP contribution in [0.4, 0.5) is 0 Å². The Morgan fingerprint density at radius 1 is 0.306 bits per heavy atom. The fraction of sp³-hybridized carbons (Fsp3) is 0. The predicted molar refractivity (Wildman–Crippen MR) is 200 cm³/mol. The molecule has 0 radical (unpaired) electrons. The van der Waals surface area contributed by atoms with Crippen molar-refractivity contribution >= 4 is 21.9 Å². The van der Waals surface area contributed by atoms with Gasteiger partial charge in [0.2, 0.25) is 0 Å². The second-order valence-corrected chi connectivity index (χ2v) is 12.1. The summed E-state index contributed by atoms with van der Waals surface area (Å²) < 4.78 is 6.41. The van der Waals surface area contributed by atoms with E-state index in [-0.39, 0.29) is 0 Å². The van der Waals surface area contributed by atoms with Gasteiger partial charge in [-0.05, 0) is 63.7 Å². The van der Waals surface area contributed by atoms with E-state index < -0.39 is 0 Å². The highest BCUT2D eigenvalue weighted by Gasteiger charge is 2.17. The van der Waals surface area contributed by atoms with Crippen LogP contribution in [0.25, 0.3) is 89.5 Å². The summed E-state index contributed by atoms with van der Waals surface area (Å²) in [7, 11) is 0. The number of benzene rings is 7. The minimum Gasteiger partial charge on any atom is -0.456 e. The maximum absolute atomic E-state index is 6.41. The molecule has 0 N–H and O–H groups in total. The Kier molecular flexibility index (Phi) is 7.10. The Morgan fingerprint density at radius 3 is 1.41 bits per heavy atom. The lowest BCUT2D eigenvalue weighted by atomic mass is 9.95. The van der Waals surface area contributed by atoms with Gasteiger partial charge in [-0.3, -0.25) is 0 Å². The molecule has 9 aromatic rings. The molecular formula is C45H29N3O. The molecule has 7 aromatic carbocycles. The van der Waals surface area contributed by atoms with E-state index in [4.69, 9.17) is 19.4 Å². The topological polar surface area (TPSA) is 51.8 Å². The number of fused-ring (bicyclic) bond motifs is 3. The van der Waals surface area contributed by atoms with Gasteiger partial charge in [-0.25, -0.2) is 15.0 Å². The Morgan fingerprint density at radius 2 is 0.776 bits per heavy atom. The summed E-state index contributed by atoms with van der Waals surface area (Å²) in [5.74, 6) is 1.88. The minimum atomic E-state index is 0.613. The quantitative estimate of drug-likeness (QED) is 0.184. The fourth-order valence-corrected chi connectivity index (χ4v) is 6.50. The van der Waals surface area contributed by atoms with Crippen molar-refractivity contribution < 1.29 is 4.42 Å². The Bertz CT molecular complexity index is 2520. The standard InChI is InChI=1S/C45H29N3O/c1-4-12-30(13-5-1)31-22-24-32(25-23-31)35-18-10-19-36(28-35)38-20-11-21-41-42(38)39-29-37(26-27-40(39)49-41)45-47-43(33-14-6-2-7-15-33)46-44(48-45)34-16-8-3-9-17-34/h1-29H. The summed E-state index contributed by atoms with van der Waals surface area (Å²) in [5.41, 5.74) is 11.4. The van der Waals surface area contributed by atoms with Gasteiger partial charge in [-0.1, -0.05) is 146 Å². The van der Waals surface area contributed by atoms with E-state index in [2.05, 4.69) is 91.0 Å². The smallest absolute Gasteiger partial charge is 0.164 e. The molecule has 0 aliphatic rings. The molecule has 0 aliphatic heterocycles. The van der Waals surface area contributed by atoms with Gasteiger partial charge in [0.15, 0.2) is 17.5 Å². The maximum Gasteiger partial charge on any atom is 0.164 e. The summed E-state index contributed by atoms with van der Waals surface area (Å²) in [4.78, 5) is 14.8. The second-order valence-electron chi connectivity index (χ2n) is 12.1. The van der Waals surface area contributed by atoms with Crippen molar-refractivity contribution in [1.29, 1.82) is 0 Å². The summed E-state index contributed by atoms with van der Waals surface area (Å²) in [6, 6.07) is 60.6. The van der Waals surface area contributed by atoms with Crippen LogP contribution in [0.5, 0.6) is 0 Å². The molecule has 0 aliphatic carbocycles. The highest BCUT2D eigenvalue weighted by Crippen LogP contribution is 2.39. The molecule has 230 valence electrons. The monoisotopic (exact) mass is 627 g/mol. The molecular weight excluding hydrogens is 599 g/mol. The predicted octanol–water partition coefficient (Wildman–Crippen LogP) is 11.8. The highest BCUT2D eigenvalue weighted by molar-refractivity contribution is 6.13. The van der Waals surface area contributed by atoms with Crippen LogP contribution in [0, 0.1) is 0 Å². The van der Waals surface area contributed by atoms with E-state index in [1.165, 1.54) is 16.7 Å². The molecule has 0 fully saturated rings. The Balaban J connectivity index is 1.15. The number of nitrogens with zero attached hydrogens (tertiary/aromatic N) is 3. The third kappa shape index (κ3) is 5.45. The molecule has 4 nitrogen and oxygen atoms in total. The summed E-state index contributed by atoms with van der Waals surface area (Å²) in [6.45, 7) is 0. The number of rotatable bonds is 6. The molecule has 2 aromatic heterocycles. The van der Waals surface area contributed by atoms with Gasteiger partial charge in [-0.15, -0.1) is 0 Å². The van der Waals surface area contributed by atoms with Crippen LogP contribution in [-0.4, -0.2) is 15.0 Å². The molecule has 0 unspecified atom stereocenters. The van der Waals surface area contributed by atoms with Gasteiger partial charge in [0, 0.05) is 27.5 Å². The zero-order chi connectivity index (χ0) is 32.6. The summed E-state index contributed by atoms with van der Waals surface area (Å²) in [6.07, 6.45) is 0. The largest absolute Gasteiger partial charge is 0.456 e. The average molecular weight is 628 g/mol. The summed E-state index contributed by atoms with van der Waals surface area (Å²) in [5, 5.41) is 2.08. The zero-order valence-corrected chi connectivity index (χ0v) is 26.5. The molecule has 0 amide bonds. The maximum atomic E-state index is 6.41. The van der Waals surface area contributed by atoms with Gasteiger partial charge < -0.3 is 4.42 Å². The van der Waals surface area contributed by atoms with Crippen molar-refractivity contribution in [3.63, 3.8) is 0 Å². The zero-order valence-electron chi connectivity index (χ0n) is 26.5. The van der Waals surface area contributed by atoms with E-state index in [0.717, 1.165) is 55.3 Å².